The first-order valence-electron chi connectivity index (χ1n) is 8.75. The molecule has 0 aliphatic carbocycles. The fraction of sp³-hybridized carbons (Fsp3) is 0.556. The van der Waals surface area contributed by atoms with E-state index in [2.05, 4.69) is 26.6 Å². The normalized spacial score (nSPS) is 16.8. The van der Waals surface area contributed by atoms with Gasteiger partial charge in [0.05, 0.1) is 6.54 Å². The third-order valence-corrected chi connectivity index (χ3v) is 4.38. The van der Waals surface area contributed by atoms with Crippen molar-refractivity contribution in [1.29, 1.82) is 0 Å². The van der Waals surface area contributed by atoms with Crippen LogP contribution in [0.1, 0.15) is 19.8 Å². The van der Waals surface area contributed by atoms with Crippen LogP contribution in [-0.2, 0) is 4.79 Å². The fourth-order valence-electron chi connectivity index (χ4n) is 2.79. The molecule has 1 fully saturated rings. The van der Waals surface area contributed by atoms with E-state index in [4.69, 9.17) is 11.6 Å². The molecule has 1 heterocycles. The van der Waals surface area contributed by atoms with Gasteiger partial charge in [-0.1, -0.05) is 17.7 Å². The van der Waals surface area contributed by atoms with Gasteiger partial charge in [-0.15, -0.1) is 24.0 Å². The molecule has 2 N–H and O–H groups in total. The van der Waals surface area contributed by atoms with Gasteiger partial charge in [-0.3, -0.25) is 9.79 Å². The van der Waals surface area contributed by atoms with Gasteiger partial charge in [0.2, 0.25) is 5.91 Å². The zero-order chi connectivity index (χ0) is 18.2. The Morgan fingerprint density at radius 3 is 2.85 bits per heavy atom. The smallest absolute Gasteiger partial charge is 0.223 e. The highest BCUT2D eigenvalue weighted by atomic mass is 127. The number of hydrogen-bond acceptors (Lipinski definition) is 3. The molecule has 1 aromatic rings. The second-order valence-electron chi connectivity index (χ2n) is 6.35. The standard InChI is InChI=1S/C18H28ClN5O.HI/c1-4-20-18(21-10-8-17(25)23(2)3)22-15-9-11-24(13-15)16-7-5-6-14(19)12-16;/h5-7,12,15H,4,8-11,13H2,1-3H3,(H2,20,21,22);1H. The van der Waals surface area contributed by atoms with Gasteiger partial charge >= 0.3 is 0 Å². The van der Waals surface area contributed by atoms with Crippen molar-refractivity contribution in [3.05, 3.63) is 29.3 Å². The second-order valence-corrected chi connectivity index (χ2v) is 6.79. The van der Waals surface area contributed by atoms with Gasteiger partial charge in [-0.2, -0.15) is 0 Å². The molecule has 0 spiro atoms. The zero-order valence-corrected chi connectivity index (χ0v) is 18.8. The molecule has 8 heteroatoms. The topological polar surface area (TPSA) is 60.0 Å². The summed E-state index contributed by atoms with van der Waals surface area (Å²) in [6.45, 7) is 5.20. The van der Waals surface area contributed by atoms with Crippen LogP contribution < -0.4 is 15.5 Å². The van der Waals surface area contributed by atoms with E-state index in [-0.39, 0.29) is 29.9 Å². The summed E-state index contributed by atoms with van der Waals surface area (Å²) in [7, 11) is 3.52. The van der Waals surface area contributed by atoms with Crippen LogP contribution >= 0.6 is 35.6 Å². The van der Waals surface area contributed by atoms with E-state index in [1.54, 1.807) is 19.0 Å². The van der Waals surface area contributed by atoms with E-state index in [1.807, 2.05) is 25.1 Å². The Hall–Kier alpha value is -1.22. The molecule has 1 aromatic carbocycles. The van der Waals surface area contributed by atoms with Crippen molar-refractivity contribution in [3.8, 4) is 0 Å². The molecule has 1 aliphatic rings. The molecule has 0 radical (unpaired) electrons. The minimum absolute atomic E-state index is 0. The third-order valence-electron chi connectivity index (χ3n) is 4.14. The van der Waals surface area contributed by atoms with Crippen LogP contribution in [-0.4, -0.2) is 63.1 Å². The summed E-state index contributed by atoms with van der Waals surface area (Å²) in [4.78, 5) is 20.1. The van der Waals surface area contributed by atoms with E-state index in [9.17, 15) is 4.79 Å². The minimum Gasteiger partial charge on any atom is -0.369 e. The summed E-state index contributed by atoms with van der Waals surface area (Å²) in [5, 5.41) is 7.48. The molecule has 1 amide bonds. The van der Waals surface area contributed by atoms with Gasteiger partial charge in [0.15, 0.2) is 5.96 Å². The van der Waals surface area contributed by atoms with E-state index in [1.165, 1.54) is 0 Å². The Morgan fingerprint density at radius 1 is 1.42 bits per heavy atom. The van der Waals surface area contributed by atoms with Crippen LogP contribution in [0.15, 0.2) is 29.3 Å². The number of amides is 1. The van der Waals surface area contributed by atoms with Crippen molar-refractivity contribution in [2.75, 3.05) is 45.2 Å². The number of nitrogens with zero attached hydrogens (tertiary/aromatic N) is 3. The molecule has 0 bridgehead atoms. The molecule has 1 aliphatic heterocycles. The van der Waals surface area contributed by atoms with Gasteiger partial charge in [0, 0.05) is 56.9 Å². The maximum absolute atomic E-state index is 11.7. The summed E-state index contributed by atoms with van der Waals surface area (Å²) in [5.74, 6) is 0.861. The second kappa shape index (κ2) is 11.5. The van der Waals surface area contributed by atoms with Crippen molar-refractivity contribution in [2.45, 2.75) is 25.8 Å². The van der Waals surface area contributed by atoms with Crippen molar-refractivity contribution >= 4 is 53.1 Å². The van der Waals surface area contributed by atoms with Crippen LogP contribution in [0.5, 0.6) is 0 Å². The lowest BCUT2D eigenvalue weighted by Gasteiger charge is -2.20. The monoisotopic (exact) mass is 493 g/mol. The number of guanidine groups is 1. The molecule has 0 saturated carbocycles. The molecule has 2 rings (SSSR count). The Labute approximate surface area is 178 Å². The average Bonchev–Trinajstić information content (AvgIpc) is 3.03. The first-order valence-corrected chi connectivity index (χ1v) is 9.13. The summed E-state index contributed by atoms with van der Waals surface area (Å²) in [6.07, 6.45) is 1.45. The zero-order valence-electron chi connectivity index (χ0n) is 15.7. The Bertz CT molecular complexity index is 611. The maximum Gasteiger partial charge on any atom is 0.223 e. The number of halogens is 2. The van der Waals surface area contributed by atoms with Crippen molar-refractivity contribution in [1.82, 2.24) is 15.5 Å². The number of benzene rings is 1. The Balaban J connectivity index is 0.00000338. The maximum atomic E-state index is 11.7. The number of rotatable bonds is 6. The molecule has 26 heavy (non-hydrogen) atoms. The number of carbonyl (C=O) groups excluding carboxylic acids is 1. The lowest BCUT2D eigenvalue weighted by atomic mass is 10.2. The summed E-state index contributed by atoms with van der Waals surface area (Å²) >= 11 is 6.09. The molecule has 0 aromatic heterocycles. The van der Waals surface area contributed by atoms with Crippen molar-refractivity contribution in [2.24, 2.45) is 4.99 Å². The van der Waals surface area contributed by atoms with Gasteiger partial charge in [-0.25, -0.2) is 0 Å². The number of hydrogen-bond donors (Lipinski definition) is 2. The lowest BCUT2D eigenvalue weighted by molar-refractivity contribution is -0.128. The molecule has 1 atom stereocenters. The van der Waals surface area contributed by atoms with Gasteiger partial charge in [-0.05, 0) is 31.5 Å². The summed E-state index contributed by atoms with van der Waals surface area (Å²) < 4.78 is 0. The Kier molecular flexibility index (Phi) is 10.1. The molecular weight excluding hydrogens is 465 g/mol. The van der Waals surface area contributed by atoms with Gasteiger partial charge < -0.3 is 20.4 Å². The number of nitrogens with one attached hydrogen (secondary N) is 2. The van der Waals surface area contributed by atoms with Crippen LogP contribution in [0, 0.1) is 0 Å². The fourth-order valence-corrected chi connectivity index (χ4v) is 2.97. The molecule has 146 valence electrons. The van der Waals surface area contributed by atoms with E-state index < -0.39 is 0 Å². The highest BCUT2D eigenvalue weighted by Gasteiger charge is 2.23. The van der Waals surface area contributed by atoms with Crippen molar-refractivity contribution < 1.29 is 4.79 Å². The lowest BCUT2D eigenvalue weighted by Crippen LogP contribution is -2.44. The molecular formula is C18H29ClIN5O. The molecule has 1 unspecified atom stereocenters. The number of anilines is 1. The predicted molar refractivity (Wildman–Crippen MR) is 120 cm³/mol. The largest absolute Gasteiger partial charge is 0.369 e. The molecule has 6 nitrogen and oxygen atoms in total. The van der Waals surface area contributed by atoms with Gasteiger partial charge in [0.25, 0.3) is 0 Å². The molecule has 1 saturated heterocycles. The summed E-state index contributed by atoms with van der Waals surface area (Å²) in [6, 6.07) is 8.27. The average molecular weight is 494 g/mol. The highest BCUT2D eigenvalue weighted by Crippen LogP contribution is 2.23. The van der Waals surface area contributed by atoms with Gasteiger partial charge in [0.1, 0.15) is 0 Å². The first-order chi connectivity index (χ1) is 12.0. The number of aliphatic imine (C=N–C) groups is 1. The quantitative estimate of drug-likeness (QED) is 0.363. The van der Waals surface area contributed by atoms with E-state index in [0.717, 1.165) is 42.7 Å². The Morgan fingerprint density at radius 2 is 2.19 bits per heavy atom. The van der Waals surface area contributed by atoms with Crippen LogP contribution in [0.25, 0.3) is 0 Å². The van der Waals surface area contributed by atoms with Crippen LogP contribution in [0.3, 0.4) is 0 Å². The SMILES string of the molecule is CCNC(=NCCC(=O)N(C)C)NC1CCN(c2cccc(Cl)c2)C1.I. The van der Waals surface area contributed by atoms with Crippen molar-refractivity contribution in [3.63, 3.8) is 0 Å². The third kappa shape index (κ3) is 7.19. The first kappa shape index (κ1) is 22.8. The summed E-state index contributed by atoms with van der Waals surface area (Å²) in [5.41, 5.74) is 1.15. The highest BCUT2D eigenvalue weighted by molar-refractivity contribution is 14.0. The van der Waals surface area contributed by atoms with E-state index in [0.29, 0.717) is 19.0 Å². The predicted octanol–water partition coefficient (Wildman–Crippen LogP) is 2.57. The van der Waals surface area contributed by atoms with Crippen LogP contribution in [0.2, 0.25) is 5.02 Å². The number of carbonyl (C=O) groups is 1. The minimum atomic E-state index is 0. The van der Waals surface area contributed by atoms with Crippen LogP contribution in [0.4, 0.5) is 5.69 Å². The van der Waals surface area contributed by atoms with E-state index >= 15 is 0 Å².